The Bertz CT molecular complexity index is 557. The topological polar surface area (TPSA) is 59.9 Å². The summed E-state index contributed by atoms with van der Waals surface area (Å²) in [4.78, 5) is 11.5. The highest BCUT2D eigenvalue weighted by atomic mass is 79.9. The van der Waals surface area contributed by atoms with Crippen LogP contribution in [0.3, 0.4) is 0 Å². The molecule has 0 aliphatic carbocycles. The van der Waals surface area contributed by atoms with E-state index >= 15 is 0 Å². The molecule has 0 saturated carbocycles. The molecule has 5 nitrogen and oxygen atoms in total. The molecule has 1 N–H and O–H groups in total. The lowest BCUT2D eigenvalue weighted by Crippen LogP contribution is -2.19. The van der Waals surface area contributed by atoms with Crippen molar-refractivity contribution in [2.24, 2.45) is 11.0 Å². The Labute approximate surface area is 139 Å². The number of benzene rings is 1. The minimum atomic E-state index is -0.108. The third-order valence-corrected chi connectivity index (χ3v) is 3.18. The first-order valence-corrected chi connectivity index (χ1v) is 7.70. The first-order valence-electron chi connectivity index (χ1n) is 6.91. The standard InChI is InChI=1S/C16H21BrN2O3/c1-5-6-22-16-13(17)8-12(9-14(16)21-4)10-18-19-15(20)7-11(2)3/h5,8-11H,1,6-7H2,2-4H3,(H,19,20)/b18-10-. The summed E-state index contributed by atoms with van der Waals surface area (Å²) < 4.78 is 11.6. The zero-order valence-corrected chi connectivity index (χ0v) is 14.6. The summed E-state index contributed by atoms with van der Waals surface area (Å²) in [6.07, 6.45) is 3.66. The number of nitrogens with one attached hydrogen (secondary N) is 1. The predicted molar refractivity (Wildman–Crippen MR) is 91.6 cm³/mol. The molecule has 0 aromatic heterocycles. The van der Waals surface area contributed by atoms with Gasteiger partial charge in [0.25, 0.3) is 0 Å². The molecule has 1 amide bonds. The molecule has 1 rings (SSSR count). The van der Waals surface area contributed by atoms with E-state index in [1.165, 1.54) is 0 Å². The third kappa shape index (κ3) is 5.89. The molecule has 0 aliphatic heterocycles. The van der Waals surface area contributed by atoms with Crippen LogP contribution in [0.25, 0.3) is 0 Å². The second-order valence-corrected chi connectivity index (χ2v) is 5.88. The molecule has 0 aliphatic rings. The minimum absolute atomic E-state index is 0.108. The number of halogens is 1. The maximum atomic E-state index is 11.5. The first-order chi connectivity index (χ1) is 10.5. The van der Waals surface area contributed by atoms with Gasteiger partial charge in [0.05, 0.1) is 17.8 Å². The van der Waals surface area contributed by atoms with Crippen molar-refractivity contribution in [2.75, 3.05) is 13.7 Å². The number of amides is 1. The molecule has 22 heavy (non-hydrogen) atoms. The van der Waals surface area contributed by atoms with Crippen LogP contribution in [-0.4, -0.2) is 25.8 Å². The van der Waals surface area contributed by atoms with Gasteiger partial charge in [0.2, 0.25) is 5.91 Å². The van der Waals surface area contributed by atoms with Crippen molar-refractivity contribution < 1.29 is 14.3 Å². The van der Waals surface area contributed by atoms with Gasteiger partial charge in [-0.2, -0.15) is 5.10 Å². The van der Waals surface area contributed by atoms with Crippen LogP contribution in [-0.2, 0) is 4.79 Å². The summed E-state index contributed by atoms with van der Waals surface area (Å²) in [6.45, 7) is 7.95. The van der Waals surface area contributed by atoms with Crippen LogP contribution in [0.4, 0.5) is 0 Å². The van der Waals surface area contributed by atoms with Crippen molar-refractivity contribution in [3.05, 3.63) is 34.8 Å². The Morgan fingerprint density at radius 1 is 1.50 bits per heavy atom. The van der Waals surface area contributed by atoms with Gasteiger partial charge in [-0.15, -0.1) is 0 Å². The summed E-state index contributed by atoms with van der Waals surface area (Å²) >= 11 is 3.43. The lowest BCUT2D eigenvalue weighted by molar-refractivity contribution is -0.121. The van der Waals surface area contributed by atoms with Gasteiger partial charge in [0, 0.05) is 6.42 Å². The number of hydrogen-bond acceptors (Lipinski definition) is 4. The first kappa shape index (κ1) is 18.2. The van der Waals surface area contributed by atoms with Crippen LogP contribution in [0.2, 0.25) is 0 Å². The van der Waals surface area contributed by atoms with Crippen molar-refractivity contribution in [3.8, 4) is 11.5 Å². The Morgan fingerprint density at radius 3 is 2.82 bits per heavy atom. The molecular formula is C16H21BrN2O3. The molecule has 0 spiro atoms. The van der Waals surface area contributed by atoms with Crippen LogP contribution in [0, 0.1) is 5.92 Å². The summed E-state index contributed by atoms with van der Waals surface area (Å²) in [5, 5.41) is 3.95. The van der Waals surface area contributed by atoms with E-state index in [1.807, 2.05) is 19.9 Å². The van der Waals surface area contributed by atoms with E-state index in [4.69, 9.17) is 9.47 Å². The van der Waals surface area contributed by atoms with Gasteiger partial charge in [-0.3, -0.25) is 4.79 Å². The van der Waals surface area contributed by atoms with E-state index in [0.29, 0.717) is 30.4 Å². The molecule has 6 heteroatoms. The van der Waals surface area contributed by atoms with Crippen molar-refractivity contribution >= 4 is 28.1 Å². The van der Waals surface area contributed by atoms with Crippen molar-refractivity contribution in [3.63, 3.8) is 0 Å². The average Bonchev–Trinajstić information content (AvgIpc) is 2.44. The monoisotopic (exact) mass is 368 g/mol. The molecule has 120 valence electrons. The van der Waals surface area contributed by atoms with E-state index in [1.54, 1.807) is 25.5 Å². The number of hydrogen-bond donors (Lipinski definition) is 1. The molecule has 1 aromatic rings. The summed E-state index contributed by atoms with van der Waals surface area (Å²) in [5.41, 5.74) is 3.28. The van der Waals surface area contributed by atoms with Gasteiger partial charge >= 0.3 is 0 Å². The van der Waals surface area contributed by atoms with Gasteiger partial charge in [0.1, 0.15) is 6.61 Å². The van der Waals surface area contributed by atoms with Crippen LogP contribution in [0.5, 0.6) is 11.5 Å². The fourth-order valence-electron chi connectivity index (χ4n) is 1.69. The van der Waals surface area contributed by atoms with E-state index < -0.39 is 0 Å². The predicted octanol–water partition coefficient (Wildman–Crippen LogP) is 3.52. The van der Waals surface area contributed by atoms with Gasteiger partial charge in [-0.1, -0.05) is 26.5 Å². The number of hydrazone groups is 1. The molecular weight excluding hydrogens is 348 g/mol. The van der Waals surface area contributed by atoms with Crippen molar-refractivity contribution in [1.29, 1.82) is 0 Å². The second-order valence-electron chi connectivity index (χ2n) is 5.02. The lowest BCUT2D eigenvalue weighted by Gasteiger charge is -2.12. The van der Waals surface area contributed by atoms with Gasteiger partial charge < -0.3 is 9.47 Å². The Balaban J connectivity index is 2.81. The molecule has 0 fully saturated rings. The van der Waals surface area contributed by atoms with Gasteiger partial charge in [-0.25, -0.2) is 5.43 Å². The molecule has 0 unspecified atom stereocenters. The Kier molecular flexibility index (Phi) is 7.66. The number of ether oxygens (including phenoxy) is 2. The number of rotatable bonds is 8. The molecule has 1 aromatic carbocycles. The number of carbonyl (C=O) groups excluding carboxylic acids is 1. The smallest absolute Gasteiger partial charge is 0.240 e. The average molecular weight is 369 g/mol. The third-order valence-electron chi connectivity index (χ3n) is 2.59. The SMILES string of the molecule is C=CCOc1c(Br)cc(/C=N\NC(=O)CC(C)C)cc1OC. The zero-order valence-electron chi connectivity index (χ0n) is 13.1. The number of nitrogens with zero attached hydrogens (tertiary/aromatic N) is 1. The fourth-order valence-corrected chi connectivity index (χ4v) is 2.27. The maximum Gasteiger partial charge on any atom is 0.240 e. The van der Waals surface area contributed by atoms with Gasteiger partial charge in [-0.05, 0) is 39.5 Å². The zero-order chi connectivity index (χ0) is 16.5. The molecule has 0 saturated heterocycles. The minimum Gasteiger partial charge on any atom is -0.493 e. The van der Waals surface area contributed by atoms with Crippen LogP contribution in [0.1, 0.15) is 25.8 Å². The molecule has 0 heterocycles. The highest BCUT2D eigenvalue weighted by molar-refractivity contribution is 9.10. The quantitative estimate of drug-likeness (QED) is 0.433. The Hall–Kier alpha value is -1.82. The normalized spacial score (nSPS) is 10.8. The van der Waals surface area contributed by atoms with Crippen molar-refractivity contribution in [2.45, 2.75) is 20.3 Å². The Morgan fingerprint density at radius 2 is 2.23 bits per heavy atom. The van der Waals surface area contributed by atoms with E-state index in [9.17, 15) is 4.79 Å². The van der Waals surface area contributed by atoms with Crippen molar-refractivity contribution in [1.82, 2.24) is 5.43 Å². The molecule has 0 atom stereocenters. The van der Waals surface area contributed by atoms with E-state index in [0.717, 1.165) is 10.0 Å². The second kappa shape index (κ2) is 9.25. The number of carbonyl (C=O) groups is 1. The molecule has 0 bridgehead atoms. The highest BCUT2D eigenvalue weighted by Crippen LogP contribution is 2.36. The summed E-state index contributed by atoms with van der Waals surface area (Å²) in [6, 6.07) is 3.61. The number of methoxy groups -OCH3 is 1. The van der Waals surface area contributed by atoms with Crippen LogP contribution >= 0.6 is 15.9 Å². The summed E-state index contributed by atoms with van der Waals surface area (Å²) in [7, 11) is 1.56. The maximum absolute atomic E-state index is 11.5. The molecule has 0 radical (unpaired) electrons. The van der Waals surface area contributed by atoms with E-state index in [-0.39, 0.29) is 5.91 Å². The van der Waals surface area contributed by atoms with Crippen LogP contribution in [0.15, 0.2) is 34.4 Å². The van der Waals surface area contributed by atoms with Gasteiger partial charge in [0.15, 0.2) is 11.5 Å². The van der Waals surface area contributed by atoms with Crippen LogP contribution < -0.4 is 14.9 Å². The highest BCUT2D eigenvalue weighted by Gasteiger charge is 2.10. The summed E-state index contributed by atoms with van der Waals surface area (Å²) in [5.74, 6) is 1.36. The lowest BCUT2D eigenvalue weighted by atomic mass is 10.1. The van der Waals surface area contributed by atoms with E-state index in [2.05, 4.69) is 33.0 Å². The fraction of sp³-hybridized carbons (Fsp3) is 0.375. The largest absolute Gasteiger partial charge is 0.493 e.